The van der Waals surface area contributed by atoms with E-state index in [0.29, 0.717) is 5.92 Å². The Bertz CT molecular complexity index is 292. The average Bonchev–Trinajstić information content (AvgIpc) is 2.10. The highest BCUT2D eigenvalue weighted by Gasteiger charge is 1.99. The highest BCUT2D eigenvalue weighted by molar-refractivity contribution is 9.10. The van der Waals surface area contributed by atoms with E-state index >= 15 is 0 Å². The summed E-state index contributed by atoms with van der Waals surface area (Å²) in [4.78, 5) is 0. The van der Waals surface area contributed by atoms with E-state index in [0.717, 1.165) is 29.5 Å². The van der Waals surface area contributed by atoms with Gasteiger partial charge >= 0.3 is 0 Å². The summed E-state index contributed by atoms with van der Waals surface area (Å²) in [6.07, 6.45) is 1.15. The van der Waals surface area contributed by atoms with Gasteiger partial charge in [-0.15, -0.1) is 0 Å². The molecule has 1 aromatic carbocycles. The molecule has 0 aliphatic heterocycles. The number of hydrogen-bond acceptors (Lipinski definition) is 1. The molecule has 0 unspecified atom stereocenters. The quantitative estimate of drug-likeness (QED) is 0.807. The summed E-state index contributed by atoms with van der Waals surface area (Å²) in [6.45, 7) is 6.09. The van der Waals surface area contributed by atoms with Crippen LogP contribution >= 0.6 is 15.9 Å². The molecule has 0 bridgehead atoms. The predicted molar refractivity (Wildman–Crippen MR) is 65.3 cm³/mol. The van der Waals surface area contributed by atoms with Crippen LogP contribution in [0.15, 0.2) is 22.7 Å². The van der Waals surface area contributed by atoms with Crippen LogP contribution in [-0.2, 0) is 6.54 Å². The molecule has 0 saturated heterocycles. The third-order valence-electron chi connectivity index (χ3n) is 2.15. The van der Waals surface area contributed by atoms with Crippen molar-refractivity contribution in [2.24, 2.45) is 5.92 Å². The SMILES string of the molecule is CC(C)CCNCc1cc(F)cc(Br)c1. The van der Waals surface area contributed by atoms with Crippen molar-refractivity contribution in [2.45, 2.75) is 26.8 Å². The summed E-state index contributed by atoms with van der Waals surface area (Å²) in [7, 11) is 0. The van der Waals surface area contributed by atoms with Crippen molar-refractivity contribution in [1.82, 2.24) is 5.32 Å². The van der Waals surface area contributed by atoms with Gasteiger partial charge in [0.05, 0.1) is 0 Å². The molecule has 0 spiro atoms. The van der Waals surface area contributed by atoms with Crippen LogP contribution in [0.1, 0.15) is 25.8 Å². The van der Waals surface area contributed by atoms with Gasteiger partial charge in [-0.2, -0.15) is 0 Å². The zero-order chi connectivity index (χ0) is 11.3. The van der Waals surface area contributed by atoms with E-state index in [1.54, 1.807) is 6.07 Å². The number of nitrogens with one attached hydrogen (secondary N) is 1. The topological polar surface area (TPSA) is 12.0 Å². The Morgan fingerprint density at radius 1 is 1.33 bits per heavy atom. The van der Waals surface area contributed by atoms with Crippen molar-refractivity contribution in [3.8, 4) is 0 Å². The van der Waals surface area contributed by atoms with Gasteiger partial charge in [0.2, 0.25) is 0 Å². The van der Waals surface area contributed by atoms with Crippen LogP contribution in [-0.4, -0.2) is 6.54 Å². The normalized spacial score (nSPS) is 11.0. The molecule has 0 radical (unpaired) electrons. The van der Waals surface area contributed by atoms with Gasteiger partial charge in [0.25, 0.3) is 0 Å². The molecule has 0 heterocycles. The summed E-state index contributed by atoms with van der Waals surface area (Å²) >= 11 is 3.28. The number of benzene rings is 1. The van der Waals surface area contributed by atoms with Gasteiger partial charge in [0.1, 0.15) is 5.82 Å². The smallest absolute Gasteiger partial charge is 0.124 e. The molecule has 0 aliphatic rings. The number of rotatable bonds is 5. The lowest BCUT2D eigenvalue weighted by atomic mass is 10.1. The van der Waals surface area contributed by atoms with Crippen molar-refractivity contribution in [3.63, 3.8) is 0 Å². The van der Waals surface area contributed by atoms with Crippen molar-refractivity contribution >= 4 is 15.9 Å². The molecule has 0 aromatic heterocycles. The fourth-order valence-electron chi connectivity index (χ4n) is 1.34. The van der Waals surface area contributed by atoms with Crippen LogP contribution in [0.3, 0.4) is 0 Å². The maximum absolute atomic E-state index is 13.0. The highest BCUT2D eigenvalue weighted by atomic mass is 79.9. The van der Waals surface area contributed by atoms with Crippen LogP contribution in [0.25, 0.3) is 0 Å². The Kier molecular flexibility index (Phi) is 5.26. The minimum Gasteiger partial charge on any atom is -0.313 e. The fourth-order valence-corrected chi connectivity index (χ4v) is 1.85. The Labute approximate surface area is 99.2 Å². The zero-order valence-corrected chi connectivity index (χ0v) is 10.8. The van der Waals surface area contributed by atoms with Crippen LogP contribution in [0.2, 0.25) is 0 Å². The summed E-state index contributed by atoms with van der Waals surface area (Å²) < 4.78 is 13.8. The van der Waals surface area contributed by atoms with E-state index in [4.69, 9.17) is 0 Å². The molecule has 3 heteroatoms. The lowest BCUT2D eigenvalue weighted by Gasteiger charge is -2.07. The van der Waals surface area contributed by atoms with E-state index in [1.807, 2.05) is 6.07 Å². The van der Waals surface area contributed by atoms with Crippen molar-refractivity contribution < 1.29 is 4.39 Å². The third kappa shape index (κ3) is 5.28. The molecule has 0 fully saturated rings. The molecule has 0 aliphatic carbocycles. The largest absolute Gasteiger partial charge is 0.313 e. The maximum Gasteiger partial charge on any atom is 0.124 e. The molecule has 0 saturated carbocycles. The van der Waals surface area contributed by atoms with Gasteiger partial charge in [0, 0.05) is 11.0 Å². The third-order valence-corrected chi connectivity index (χ3v) is 2.61. The van der Waals surface area contributed by atoms with Crippen LogP contribution in [0.4, 0.5) is 4.39 Å². The number of hydrogen-bond donors (Lipinski definition) is 1. The molecule has 0 amide bonds. The molecule has 0 atom stereocenters. The Hall–Kier alpha value is -0.410. The van der Waals surface area contributed by atoms with Crippen LogP contribution in [0, 0.1) is 11.7 Å². The second-order valence-corrected chi connectivity index (χ2v) is 5.05. The monoisotopic (exact) mass is 273 g/mol. The van der Waals surface area contributed by atoms with E-state index in [2.05, 4.69) is 35.1 Å². The van der Waals surface area contributed by atoms with Crippen LogP contribution < -0.4 is 5.32 Å². The van der Waals surface area contributed by atoms with E-state index in [1.165, 1.54) is 6.07 Å². The standard InChI is InChI=1S/C12H17BrFN/c1-9(2)3-4-15-8-10-5-11(13)7-12(14)6-10/h5-7,9,15H,3-4,8H2,1-2H3. The first-order valence-corrected chi connectivity index (χ1v) is 6.03. The molecular formula is C12H17BrFN. The average molecular weight is 274 g/mol. The fraction of sp³-hybridized carbons (Fsp3) is 0.500. The van der Waals surface area contributed by atoms with Gasteiger partial charge in [0.15, 0.2) is 0 Å². The summed E-state index contributed by atoms with van der Waals surface area (Å²) in [5, 5.41) is 3.30. The molecule has 84 valence electrons. The first-order chi connectivity index (χ1) is 7.08. The lowest BCUT2D eigenvalue weighted by molar-refractivity contribution is 0.536. The maximum atomic E-state index is 13.0. The summed E-state index contributed by atoms with van der Waals surface area (Å²) in [6, 6.07) is 4.97. The van der Waals surface area contributed by atoms with E-state index in [-0.39, 0.29) is 5.82 Å². The second-order valence-electron chi connectivity index (χ2n) is 4.14. The van der Waals surface area contributed by atoms with E-state index in [9.17, 15) is 4.39 Å². The summed E-state index contributed by atoms with van der Waals surface area (Å²) in [5.74, 6) is 0.516. The van der Waals surface area contributed by atoms with Gasteiger partial charge in [-0.1, -0.05) is 29.8 Å². The van der Waals surface area contributed by atoms with Gasteiger partial charge in [-0.25, -0.2) is 4.39 Å². The van der Waals surface area contributed by atoms with Gasteiger partial charge in [-0.3, -0.25) is 0 Å². The minimum absolute atomic E-state index is 0.190. The molecule has 15 heavy (non-hydrogen) atoms. The zero-order valence-electron chi connectivity index (χ0n) is 9.19. The van der Waals surface area contributed by atoms with E-state index < -0.39 is 0 Å². The van der Waals surface area contributed by atoms with Crippen molar-refractivity contribution in [1.29, 1.82) is 0 Å². The van der Waals surface area contributed by atoms with Gasteiger partial charge < -0.3 is 5.32 Å². The lowest BCUT2D eigenvalue weighted by Crippen LogP contribution is -2.16. The van der Waals surface area contributed by atoms with Gasteiger partial charge in [-0.05, 0) is 42.6 Å². The molecule has 1 aromatic rings. The predicted octanol–water partition coefficient (Wildman–Crippen LogP) is 3.72. The first-order valence-electron chi connectivity index (χ1n) is 5.23. The molecular weight excluding hydrogens is 257 g/mol. The Morgan fingerprint density at radius 3 is 2.67 bits per heavy atom. The Balaban J connectivity index is 2.37. The first kappa shape index (κ1) is 12.7. The summed E-state index contributed by atoms with van der Waals surface area (Å²) in [5.41, 5.74) is 0.977. The van der Waals surface area contributed by atoms with Crippen LogP contribution in [0.5, 0.6) is 0 Å². The molecule has 1 rings (SSSR count). The molecule has 1 nitrogen and oxygen atoms in total. The minimum atomic E-state index is -0.190. The Morgan fingerprint density at radius 2 is 2.07 bits per heavy atom. The second kappa shape index (κ2) is 6.23. The van der Waals surface area contributed by atoms with Crippen molar-refractivity contribution in [3.05, 3.63) is 34.1 Å². The van der Waals surface area contributed by atoms with Crippen molar-refractivity contribution in [2.75, 3.05) is 6.54 Å². The highest BCUT2D eigenvalue weighted by Crippen LogP contribution is 2.14. The molecule has 1 N–H and O–H groups in total. The number of halogens is 2.